The van der Waals surface area contributed by atoms with Crippen molar-refractivity contribution in [1.82, 2.24) is 4.90 Å². The molecule has 1 N–H and O–H groups in total. The zero-order valence-corrected chi connectivity index (χ0v) is 12.1. The SMILES string of the molecule is O=C(O)[C@H]1CCCCN1C(=O)C[C@@H]1CCc2ccccc21. The molecule has 3 rings (SSSR count). The van der Waals surface area contributed by atoms with E-state index in [2.05, 4.69) is 12.1 Å². The standard InChI is InChI=1S/C17H21NO3/c19-16(18-10-4-3-7-15(18)17(20)21)11-13-9-8-12-5-1-2-6-14(12)13/h1-2,5-6,13,15H,3-4,7-11H2,(H,20,21)/t13-,15+/m0/s1. The molecule has 1 fully saturated rings. The van der Waals surface area contributed by atoms with Gasteiger partial charge in [0.25, 0.3) is 0 Å². The van der Waals surface area contributed by atoms with Crippen LogP contribution in [0.1, 0.15) is 49.1 Å². The van der Waals surface area contributed by atoms with E-state index in [9.17, 15) is 14.7 Å². The summed E-state index contributed by atoms with van der Waals surface area (Å²) in [4.78, 5) is 25.4. The number of amides is 1. The van der Waals surface area contributed by atoms with Gasteiger partial charge >= 0.3 is 5.97 Å². The quantitative estimate of drug-likeness (QED) is 0.929. The lowest BCUT2D eigenvalue weighted by Gasteiger charge is -2.33. The number of rotatable bonds is 3. The topological polar surface area (TPSA) is 57.6 Å². The molecule has 1 heterocycles. The molecule has 0 radical (unpaired) electrons. The van der Waals surface area contributed by atoms with E-state index in [0.717, 1.165) is 25.7 Å². The second-order valence-electron chi connectivity index (χ2n) is 6.08. The van der Waals surface area contributed by atoms with Crippen LogP contribution in [0.15, 0.2) is 24.3 Å². The Morgan fingerprint density at radius 1 is 1.19 bits per heavy atom. The Labute approximate surface area is 124 Å². The predicted octanol–water partition coefficient (Wildman–Crippen LogP) is 2.57. The van der Waals surface area contributed by atoms with Crippen molar-refractivity contribution in [3.63, 3.8) is 0 Å². The molecular weight excluding hydrogens is 266 g/mol. The fraction of sp³-hybridized carbons (Fsp3) is 0.529. The van der Waals surface area contributed by atoms with E-state index in [1.807, 2.05) is 12.1 Å². The van der Waals surface area contributed by atoms with E-state index in [1.165, 1.54) is 11.1 Å². The first-order valence-corrected chi connectivity index (χ1v) is 7.77. The highest BCUT2D eigenvalue weighted by Crippen LogP contribution is 2.36. The van der Waals surface area contributed by atoms with E-state index >= 15 is 0 Å². The molecule has 2 aliphatic rings. The summed E-state index contributed by atoms with van der Waals surface area (Å²) in [6.45, 7) is 0.587. The number of carboxylic acids is 1. The van der Waals surface area contributed by atoms with Gasteiger partial charge in [-0.3, -0.25) is 4.79 Å². The molecule has 0 unspecified atom stereocenters. The molecule has 4 heteroatoms. The van der Waals surface area contributed by atoms with Gasteiger partial charge in [-0.25, -0.2) is 4.79 Å². The maximum atomic E-state index is 12.5. The summed E-state index contributed by atoms with van der Waals surface area (Å²) in [5, 5.41) is 9.28. The number of aryl methyl sites for hydroxylation is 1. The van der Waals surface area contributed by atoms with Gasteiger partial charge in [0.15, 0.2) is 0 Å². The van der Waals surface area contributed by atoms with Crippen LogP contribution in [0.5, 0.6) is 0 Å². The molecule has 0 spiro atoms. The second kappa shape index (κ2) is 5.88. The highest BCUT2D eigenvalue weighted by Gasteiger charge is 2.34. The van der Waals surface area contributed by atoms with Crippen LogP contribution in [-0.4, -0.2) is 34.5 Å². The van der Waals surface area contributed by atoms with Gasteiger partial charge < -0.3 is 10.0 Å². The number of carbonyl (C=O) groups is 2. The van der Waals surface area contributed by atoms with Crippen molar-refractivity contribution in [2.45, 2.75) is 50.5 Å². The number of hydrogen-bond acceptors (Lipinski definition) is 2. The van der Waals surface area contributed by atoms with Crippen LogP contribution in [0, 0.1) is 0 Å². The van der Waals surface area contributed by atoms with Gasteiger partial charge in [-0.05, 0) is 49.1 Å². The summed E-state index contributed by atoms with van der Waals surface area (Å²) in [5.74, 6) is -0.608. The maximum absolute atomic E-state index is 12.5. The Bertz CT molecular complexity index is 555. The van der Waals surface area contributed by atoms with Crippen molar-refractivity contribution in [3.05, 3.63) is 35.4 Å². The summed E-state index contributed by atoms with van der Waals surface area (Å²) >= 11 is 0. The van der Waals surface area contributed by atoms with Crippen molar-refractivity contribution in [3.8, 4) is 0 Å². The lowest BCUT2D eigenvalue weighted by atomic mass is 9.95. The number of aliphatic carboxylic acids is 1. The second-order valence-corrected chi connectivity index (χ2v) is 6.08. The molecular formula is C17H21NO3. The zero-order chi connectivity index (χ0) is 14.8. The minimum Gasteiger partial charge on any atom is -0.480 e. The fourth-order valence-electron chi connectivity index (χ4n) is 3.67. The Hall–Kier alpha value is -1.84. The molecule has 1 aromatic rings. The van der Waals surface area contributed by atoms with Crippen LogP contribution in [0.2, 0.25) is 0 Å². The minimum absolute atomic E-state index is 0.00352. The molecule has 0 aromatic heterocycles. The summed E-state index contributed by atoms with van der Waals surface area (Å²) in [5.41, 5.74) is 2.61. The van der Waals surface area contributed by atoms with Gasteiger partial charge in [-0.15, -0.1) is 0 Å². The largest absolute Gasteiger partial charge is 0.480 e. The predicted molar refractivity (Wildman–Crippen MR) is 79.1 cm³/mol. The van der Waals surface area contributed by atoms with E-state index in [0.29, 0.717) is 19.4 Å². The zero-order valence-electron chi connectivity index (χ0n) is 12.1. The molecule has 1 amide bonds. The average Bonchev–Trinajstić information content (AvgIpc) is 2.90. The average molecular weight is 287 g/mol. The minimum atomic E-state index is -0.866. The number of carbonyl (C=O) groups excluding carboxylic acids is 1. The van der Waals surface area contributed by atoms with Crippen LogP contribution in [-0.2, 0) is 16.0 Å². The van der Waals surface area contributed by atoms with Gasteiger partial charge in [0.05, 0.1) is 0 Å². The van der Waals surface area contributed by atoms with Gasteiger partial charge in [0.1, 0.15) is 6.04 Å². The Morgan fingerprint density at radius 3 is 2.81 bits per heavy atom. The Kier molecular flexibility index (Phi) is 3.95. The molecule has 0 bridgehead atoms. The number of benzene rings is 1. The third-order valence-electron chi connectivity index (χ3n) is 4.79. The molecule has 0 saturated carbocycles. The number of fused-ring (bicyclic) bond motifs is 1. The Morgan fingerprint density at radius 2 is 2.00 bits per heavy atom. The molecule has 21 heavy (non-hydrogen) atoms. The number of piperidine rings is 1. The third kappa shape index (κ3) is 2.80. The van der Waals surface area contributed by atoms with Crippen LogP contribution in [0.4, 0.5) is 0 Å². The smallest absolute Gasteiger partial charge is 0.326 e. The lowest BCUT2D eigenvalue weighted by molar-refractivity contribution is -0.152. The fourth-order valence-corrected chi connectivity index (χ4v) is 3.67. The lowest BCUT2D eigenvalue weighted by Crippen LogP contribution is -2.48. The molecule has 1 aliphatic carbocycles. The molecule has 1 saturated heterocycles. The van der Waals surface area contributed by atoms with Gasteiger partial charge in [0, 0.05) is 13.0 Å². The molecule has 1 aliphatic heterocycles. The maximum Gasteiger partial charge on any atom is 0.326 e. The number of nitrogens with zero attached hydrogens (tertiary/aromatic N) is 1. The van der Waals surface area contributed by atoms with Crippen molar-refractivity contribution in [1.29, 1.82) is 0 Å². The van der Waals surface area contributed by atoms with Crippen molar-refractivity contribution in [2.24, 2.45) is 0 Å². The van der Waals surface area contributed by atoms with Crippen LogP contribution < -0.4 is 0 Å². The molecule has 4 nitrogen and oxygen atoms in total. The van der Waals surface area contributed by atoms with E-state index < -0.39 is 12.0 Å². The van der Waals surface area contributed by atoms with Gasteiger partial charge in [0.2, 0.25) is 5.91 Å². The highest BCUT2D eigenvalue weighted by atomic mass is 16.4. The highest BCUT2D eigenvalue weighted by molar-refractivity contribution is 5.84. The van der Waals surface area contributed by atoms with Gasteiger partial charge in [-0.1, -0.05) is 24.3 Å². The summed E-state index contributed by atoms with van der Waals surface area (Å²) in [6, 6.07) is 7.66. The van der Waals surface area contributed by atoms with Crippen LogP contribution >= 0.6 is 0 Å². The van der Waals surface area contributed by atoms with E-state index in [4.69, 9.17) is 0 Å². The monoisotopic (exact) mass is 287 g/mol. The van der Waals surface area contributed by atoms with Crippen LogP contribution in [0.25, 0.3) is 0 Å². The van der Waals surface area contributed by atoms with Crippen molar-refractivity contribution < 1.29 is 14.7 Å². The van der Waals surface area contributed by atoms with Crippen molar-refractivity contribution in [2.75, 3.05) is 6.54 Å². The van der Waals surface area contributed by atoms with E-state index in [-0.39, 0.29) is 11.8 Å². The number of carboxylic acid groups (broad SMARTS) is 1. The van der Waals surface area contributed by atoms with E-state index in [1.54, 1.807) is 4.90 Å². The normalized spacial score (nSPS) is 24.7. The van der Waals surface area contributed by atoms with Crippen molar-refractivity contribution >= 4 is 11.9 Å². The summed E-state index contributed by atoms with van der Waals surface area (Å²) in [7, 11) is 0. The molecule has 1 aromatic carbocycles. The summed E-state index contributed by atoms with van der Waals surface area (Å²) < 4.78 is 0. The first-order chi connectivity index (χ1) is 10.2. The molecule has 2 atom stereocenters. The van der Waals surface area contributed by atoms with Gasteiger partial charge in [-0.2, -0.15) is 0 Å². The first kappa shape index (κ1) is 14.1. The number of likely N-dealkylation sites (tertiary alicyclic amines) is 1. The Balaban J connectivity index is 1.70. The third-order valence-corrected chi connectivity index (χ3v) is 4.79. The summed E-state index contributed by atoms with van der Waals surface area (Å²) in [6.07, 6.45) is 4.86. The number of hydrogen-bond donors (Lipinski definition) is 1. The van der Waals surface area contributed by atoms with Crippen LogP contribution in [0.3, 0.4) is 0 Å². The first-order valence-electron chi connectivity index (χ1n) is 7.77. The molecule has 112 valence electrons.